The molecule has 0 fully saturated rings. The van der Waals surface area contributed by atoms with Crippen LogP contribution in [0.25, 0.3) is 0 Å². The predicted octanol–water partition coefficient (Wildman–Crippen LogP) is 3.08. The highest BCUT2D eigenvalue weighted by atomic mass is 79.9. The number of hydrazine groups is 1. The van der Waals surface area contributed by atoms with Crippen molar-refractivity contribution in [1.29, 1.82) is 0 Å². The van der Waals surface area contributed by atoms with Crippen LogP contribution in [-0.4, -0.2) is 37.3 Å². The second-order valence-corrected chi connectivity index (χ2v) is 7.11. The quantitative estimate of drug-likeness (QED) is 0.330. The molecule has 0 bridgehead atoms. The Morgan fingerprint density at radius 2 is 1.79 bits per heavy atom. The third-order valence-electron chi connectivity index (χ3n) is 3.35. The second kappa shape index (κ2) is 11.0. The molecule has 0 aromatic heterocycles. The molecule has 0 spiro atoms. The van der Waals surface area contributed by atoms with E-state index < -0.39 is 11.8 Å². The van der Waals surface area contributed by atoms with Crippen LogP contribution in [0.2, 0.25) is 5.02 Å². The Labute approximate surface area is 180 Å². The first kappa shape index (κ1) is 22.1. The van der Waals surface area contributed by atoms with Crippen LogP contribution in [0.4, 0.5) is 0 Å². The molecule has 2 aromatic carbocycles. The Morgan fingerprint density at radius 3 is 2.46 bits per heavy atom. The van der Waals surface area contributed by atoms with E-state index in [2.05, 4.69) is 32.1 Å². The zero-order valence-corrected chi connectivity index (χ0v) is 17.9. The Kier molecular flexibility index (Phi) is 8.65. The van der Waals surface area contributed by atoms with Gasteiger partial charge in [-0.1, -0.05) is 27.5 Å². The van der Waals surface area contributed by atoms with E-state index in [1.165, 1.54) is 0 Å². The summed E-state index contributed by atoms with van der Waals surface area (Å²) in [6.07, 6.45) is 0. The van der Waals surface area contributed by atoms with E-state index in [1.54, 1.807) is 49.6 Å². The molecule has 3 N–H and O–H groups in total. The molecule has 148 valence electrons. The summed E-state index contributed by atoms with van der Waals surface area (Å²) >= 11 is 14.2. The minimum absolute atomic E-state index is 0.0740. The smallest absolute Gasteiger partial charge is 0.269 e. The molecule has 2 aromatic rings. The van der Waals surface area contributed by atoms with Crippen molar-refractivity contribution in [3.63, 3.8) is 0 Å². The summed E-state index contributed by atoms with van der Waals surface area (Å²) in [5.74, 6) is -0.544. The van der Waals surface area contributed by atoms with Crippen molar-refractivity contribution >= 4 is 56.7 Å². The molecule has 0 aliphatic heterocycles. The first-order chi connectivity index (χ1) is 13.4. The van der Waals surface area contributed by atoms with Gasteiger partial charge >= 0.3 is 0 Å². The first-order valence-electron chi connectivity index (χ1n) is 7.99. The summed E-state index contributed by atoms with van der Waals surface area (Å²) in [5, 5.41) is 2.93. The van der Waals surface area contributed by atoms with Crippen LogP contribution < -0.4 is 20.9 Å². The van der Waals surface area contributed by atoms with E-state index in [4.69, 9.17) is 33.3 Å². The third kappa shape index (κ3) is 6.75. The number of carbonyl (C=O) groups excluding carboxylic acids is 2. The molecule has 0 radical (unpaired) electrons. The van der Waals surface area contributed by atoms with Crippen molar-refractivity contribution in [2.24, 2.45) is 0 Å². The number of carbonyl (C=O) groups is 2. The topological polar surface area (TPSA) is 88.7 Å². The summed E-state index contributed by atoms with van der Waals surface area (Å²) in [5.41, 5.74) is 5.53. The fourth-order valence-corrected chi connectivity index (χ4v) is 2.66. The number of hydrogen-bond acceptors (Lipinski definition) is 5. The fourth-order valence-electron chi connectivity index (χ4n) is 2.03. The van der Waals surface area contributed by atoms with Gasteiger partial charge in [-0.2, -0.15) is 0 Å². The number of amides is 2. The average molecular weight is 487 g/mol. The molecular weight excluding hydrogens is 470 g/mol. The fraction of sp³-hybridized carbons (Fsp3) is 0.167. The molecule has 7 nitrogen and oxygen atoms in total. The van der Waals surface area contributed by atoms with Gasteiger partial charge in [-0.05, 0) is 54.7 Å². The van der Waals surface area contributed by atoms with Crippen LogP contribution in [0.15, 0.2) is 46.9 Å². The van der Waals surface area contributed by atoms with Crippen LogP contribution in [-0.2, 0) is 4.74 Å². The lowest BCUT2D eigenvalue weighted by Gasteiger charge is -2.14. The van der Waals surface area contributed by atoms with Crippen molar-refractivity contribution in [2.75, 3.05) is 20.3 Å². The first-order valence-corrected chi connectivity index (χ1v) is 9.57. The molecule has 0 heterocycles. The van der Waals surface area contributed by atoms with Gasteiger partial charge in [0, 0.05) is 22.2 Å². The van der Waals surface area contributed by atoms with Gasteiger partial charge in [-0.25, -0.2) is 0 Å². The summed E-state index contributed by atoms with van der Waals surface area (Å²) in [6.45, 7) is 0.673. The van der Waals surface area contributed by atoms with Gasteiger partial charge in [-0.3, -0.25) is 25.8 Å². The van der Waals surface area contributed by atoms with Gasteiger partial charge in [0.25, 0.3) is 11.8 Å². The summed E-state index contributed by atoms with van der Waals surface area (Å²) < 4.78 is 11.2. The molecule has 28 heavy (non-hydrogen) atoms. The lowest BCUT2D eigenvalue weighted by molar-refractivity contribution is 0.0933. The van der Waals surface area contributed by atoms with Gasteiger partial charge in [-0.15, -0.1) is 0 Å². The average Bonchev–Trinajstić information content (AvgIpc) is 2.68. The molecule has 2 amide bonds. The number of nitrogens with one attached hydrogen (secondary N) is 3. The molecule has 0 aliphatic rings. The van der Waals surface area contributed by atoms with Gasteiger partial charge in [0.05, 0.1) is 12.2 Å². The monoisotopic (exact) mass is 485 g/mol. The molecular formula is C18H17BrClN3O4S. The number of rotatable bonds is 6. The maximum Gasteiger partial charge on any atom is 0.269 e. The van der Waals surface area contributed by atoms with Crippen LogP contribution in [0.1, 0.15) is 20.7 Å². The highest BCUT2D eigenvalue weighted by Crippen LogP contribution is 2.23. The van der Waals surface area contributed by atoms with Gasteiger partial charge in [0.2, 0.25) is 0 Å². The van der Waals surface area contributed by atoms with Crippen LogP contribution in [0.3, 0.4) is 0 Å². The van der Waals surface area contributed by atoms with E-state index in [0.29, 0.717) is 27.4 Å². The van der Waals surface area contributed by atoms with Crippen molar-refractivity contribution < 1.29 is 19.1 Å². The van der Waals surface area contributed by atoms with E-state index >= 15 is 0 Å². The largest absolute Gasteiger partial charge is 0.490 e. The summed E-state index contributed by atoms with van der Waals surface area (Å²) in [6, 6.07) is 11.3. The number of benzene rings is 2. The van der Waals surface area contributed by atoms with Crippen LogP contribution >= 0.6 is 39.7 Å². The molecule has 0 atom stereocenters. The minimum Gasteiger partial charge on any atom is -0.490 e. The van der Waals surface area contributed by atoms with Crippen molar-refractivity contribution in [3.8, 4) is 5.75 Å². The van der Waals surface area contributed by atoms with Crippen LogP contribution in [0.5, 0.6) is 5.75 Å². The lowest BCUT2D eigenvalue weighted by Crippen LogP contribution is -2.48. The standard InChI is InChI=1S/C18H17BrClN3O4S/c1-26-8-9-27-15-7-4-12(19)10-14(15)17(25)21-18(28)23-22-16(24)11-2-5-13(20)6-3-11/h2-7,10H,8-9H2,1H3,(H,22,24)(H2,21,23,25,28). The molecule has 0 unspecified atom stereocenters. The maximum atomic E-state index is 12.5. The van der Waals surface area contributed by atoms with E-state index in [0.717, 1.165) is 0 Å². The lowest BCUT2D eigenvalue weighted by atomic mass is 10.2. The van der Waals surface area contributed by atoms with Gasteiger partial charge in [0.1, 0.15) is 12.4 Å². The minimum atomic E-state index is -0.494. The predicted molar refractivity (Wildman–Crippen MR) is 114 cm³/mol. The highest BCUT2D eigenvalue weighted by molar-refractivity contribution is 9.10. The maximum absolute atomic E-state index is 12.5. The number of thiocarbonyl (C=S) groups is 1. The van der Waals surface area contributed by atoms with E-state index in [1.807, 2.05) is 0 Å². The molecule has 0 saturated heterocycles. The zero-order chi connectivity index (χ0) is 20.5. The van der Waals surface area contributed by atoms with Crippen molar-refractivity contribution in [3.05, 3.63) is 63.1 Å². The number of ether oxygens (including phenoxy) is 2. The number of halogens is 2. The normalized spacial score (nSPS) is 10.1. The summed E-state index contributed by atoms with van der Waals surface area (Å²) in [4.78, 5) is 24.5. The van der Waals surface area contributed by atoms with Gasteiger partial charge < -0.3 is 9.47 Å². The van der Waals surface area contributed by atoms with E-state index in [9.17, 15) is 9.59 Å². The van der Waals surface area contributed by atoms with Crippen molar-refractivity contribution in [2.45, 2.75) is 0 Å². The Balaban J connectivity index is 1.94. The van der Waals surface area contributed by atoms with Crippen LogP contribution in [0, 0.1) is 0 Å². The van der Waals surface area contributed by atoms with E-state index in [-0.39, 0.29) is 17.3 Å². The molecule has 2 rings (SSSR count). The Bertz CT molecular complexity index is 864. The second-order valence-electron chi connectivity index (χ2n) is 5.35. The molecule has 0 aliphatic carbocycles. The SMILES string of the molecule is COCCOc1ccc(Br)cc1C(=O)NC(=S)NNC(=O)c1ccc(Cl)cc1. The summed E-state index contributed by atoms with van der Waals surface area (Å²) in [7, 11) is 1.56. The zero-order valence-electron chi connectivity index (χ0n) is 14.8. The van der Waals surface area contributed by atoms with Gasteiger partial charge in [0.15, 0.2) is 5.11 Å². The number of methoxy groups -OCH3 is 1. The molecule has 10 heteroatoms. The Hall–Kier alpha value is -2.20. The Morgan fingerprint density at radius 1 is 1.07 bits per heavy atom. The number of hydrogen-bond donors (Lipinski definition) is 3. The third-order valence-corrected chi connectivity index (χ3v) is 4.30. The van der Waals surface area contributed by atoms with Crippen molar-refractivity contribution in [1.82, 2.24) is 16.2 Å². The highest BCUT2D eigenvalue weighted by Gasteiger charge is 2.15. The molecule has 0 saturated carbocycles.